The van der Waals surface area contributed by atoms with Crippen LogP contribution in [0.25, 0.3) is 11.0 Å². The SMILES string of the molecule is CC(C)(C)c1ccc(OCCCn2c(CCCNC(=O)Cc3ccccc3)nc3ccccc32)cc1. The molecule has 0 spiro atoms. The van der Waals surface area contributed by atoms with Crippen LogP contribution in [0.2, 0.25) is 0 Å². The second-order valence-corrected chi connectivity index (χ2v) is 10.3. The molecule has 4 rings (SSSR count). The molecule has 0 atom stereocenters. The number of imidazole rings is 1. The first kappa shape index (κ1) is 25.5. The molecule has 0 aliphatic rings. The van der Waals surface area contributed by atoms with Crippen LogP contribution in [0.15, 0.2) is 78.9 Å². The number of nitrogens with one attached hydrogen (secondary N) is 1. The number of benzene rings is 3. The molecule has 1 amide bonds. The highest BCUT2D eigenvalue weighted by molar-refractivity contribution is 5.78. The Kier molecular flexibility index (Phi) is 8.42. The molecule has 0 aliphatic heterocycles. The van der Waals surface area contributed by atoms with Crippen molar-refractivity contribution in [2.24, 2.45) is 0 Å². The Labute approximate surface area is 214 Å². The summed E-state index contributed by atoms with van der Waals surface area (Å²) in [5, 5.41) is 3.04. The van der Waals surface area contributed by atoms with Crippen molar-refractivity contribution in [3.63, 3.8) is 0 Å². The van der Waals surface area contributed by atoms with Crippen LogP contribution in [0, 0.1) is 0 Å². The summed E-state index contributed by atoms with van der Waals surface area (Å²) in [4.78, 5) is 17.1. The smallest absolute Gasteiger partial charge is 0.224 e. The lowest BCUT2D eigenvalue weighted by Crippen LogP contribution is -2.26. The van der Waals surface area contributed by atoms with Gasteiger partial charge in [-0.15, -0.1) is 0 Å². The van der Waals surface area contributed by atoms with E-state index in [1.165, 1.54) is 5.56 Å². The third kappa shape index (κ3) is 6.97. The number of hydrogen-bond acceptors (Lipinski definition) is 3. The molecule has 5 nitrogen and oxygen atoms in total. The van der Waals surface area contributed by atoms with Gasteiger partial charge in [0.25, 0.3) is 0 Å². The van der Waals surface area contributed by atoms with E-state index in [4.69, 9.17) is 9.72 Å². The third-order valence-corrected chi connectivity index (χ3v) is 6.36. The standard InChI is InChI=1S/C31H37N3O2/c1-31(2,3)25-16-18-26(19-17-25)36-22-10-21-34-28-14-8-7-13-27(28)33-29(34)15-9-20-32-30(35)23-24-11-5-4-6-12-24/h4-8,11-14,16-19H,9-10,15,20-23H2,1-3H3,(H,32,35). The van der Waals surface area contributed by atoms with E-state index in [0.717, 1.165) is 54.0 Å². The van der Waals surface area contributed by atoms with Crippen LogP contribution in [-0.2, 0) is 29.6 Å². The van der Waals surface area contributed by atoms with Gasteiger partial charge in [0.15, 0.2) is 0 Å². The highest BCUT2D eigenvalue weighted by atomic mass is 16.5. The molecule has 3 aromatic carbocycles. The van der Waals surface area contributed by atoms with E-state index < -0.39 is 0 Å². The van der Waals surface area contributed by atoms with E-state index in [2.05, 4.69) is 73.1 Å². The van der Waals surface area contributed by atoms with Crippen LogP contribution in [0.5, 0.6) is 5.75 Å². The summed E-state index contributed by atoms with van der Waals surface area (Å²) in [7, 11) is 0. The number of aryl methyl sites for hydroxylation is 2. The fourth-order valence-corrected chi connectivity index (χ4v) is 4.35. The van der Waals surface area contributed by atoms with E-state index in [-0.39, 0.29) is 11.3 Å². The monoisotopic (exact) mass is 483 g/mol. The van der Waals surface area contributed by atoms with Crippen LogP contribution >= 0.6 is 0 Å². The lowest BCUT2D eigenvalue weighted by atomic mass is 9.87. The molecule has 5 heteroatoms. The van der Waals surface area contributed by atoms with E-state index in [9.17, 15) is 4.79 Å². The summed E-state index contributed by atoms with van der Waals surface area (Å²) in [6, 6.07) is 26.5. The van der Waals surface area contributed by atoms with Crippen molar-refractivity contribution in [2.75, 3.05) is 13.2 Å². The summed E-state index contributed by atoms with van der Waals surface area (Å²) >= 11 is 0. The molecule has 1 heterocycles. The van der Waals surface area contributed by atoms with Gasteiger partial charge >= 0.3 is 0 Å². The molecule has 0 unspecified atom stereocenters. The first-order chi connectivity index (χ1) is 17.4. The minimum Gasteiger partial charge on any atom is -0.494 e. The van der Waals surface area contributed by atoms with E-state index in [0.29, 0.717) is 19.6 Å². The summed E-state index contributed by atoms with van der Waals surface area (Å²) in [5.41, 5.74) is 4.64. The van der Waals surface area contributed by atoms with Crippen molar-refractivity contribution in [1.82, 2.24) is 14.9 Å². The van der Waals surface area contributed by atoms with Crippen LogP contribution in [0.3, 0.4) is 0 Å². The number of rotatable bonds is 11. The highest BCUT2D eigenvalue weighted by Crippen LogP contribution is 2.24. The predicted molar refractivity (Wildman–Crippen MR) is 146 cm³/mol. The number of nitrogens with zero attached hydrogens (tertiary/aromatic N) is 2. The van der Waals surface area contributed by atoms with Crippen molar-refractivity contribution in [2.45, 2.75) is 58.4 Å². The Hall–Kier alpha value is -3.60. The van der Waals surface area contributed by atoms with Gasteiger partial charge in [0, 0.05) is 19.5 Å². The Balaban J connectivity index is 1.28. The lowest BCUT2D eigenvalue weighted by molar-refractivity contribution is -0.120. The van der Waals surface area contributed by atoms with E-state index in [1.54, 1.807) is 0 Å². The van der Waals surface area contributed by atoms with Crippen LogP contribution in [-0.4, -0.2) is 28.6 Å². The quantitative estimate of drug-likeness (QED) is 0.263. The molecule has 0 saturated heterocycles. The number of fused-ring (bicyclic) bond motifs is 1. The second-order valence-electron chi connectivity index (χ2n) is 10.3. The summed E-state index contributed by atoms with van der Waals surface area (Å²) in [6.45, 7) is 8.78. The largest absolute Gasteiger partial charge is 0.494 e. The van der Waals surface area contributed by atoms with Gasteiger partial charge in [-0.2, -0.15) is 0 Å². The fraction of sp³-hybridized carbons (Fsp3) is 0.355. The first-order valence-corrected chi connectivity index (χ1v) is 12.9. The molecule has 0 bridgehead atoms. The Morgan fingerprint density at radius 1 is 0.917 bits per heavy atom. The molecule has 1 N–H and O–H groups in total. The number of amides is 1. The van der Waals surface area contributed by atoms with Crippen molar-refractivity contribution in [3.05, 3.63) is 95.8 Å². The van der Waals surface area contributed by atoms with E-state index >= 15 is 0 Å². The van der Waals surface area contributed by atoms with Crippen molar-refractivity contribution in [1.29, 1.82) is 0 Å². The average molecular weight is 484 g/mol. The van der Waals surface area contributed by atoms with Gasteiger partial charge in [0.05, 0.1) is 24.1 Å². The number of ether oxygens (including phenoxy) is 1. The zero-order valence-electron chi connectivity index (χ0n) is 21.7. The van der Waals surface area contributed by atoms with Gasteiger partial charge in [-0.3, -0.25) is 4.79 Å². The molecular formula is C31H37N3O2. The summed E-state index contributed by atoms with van der Waals surface area (Å²) < 4.78 is 8.32. The predicted octanol–water partition coefficient (Wildman–Crippen LogP) is 6.09. The van der Waals surface area contributed by atoms with Gasteiger partial charge in [0.1, 0.15) is 11.6 Å². The minimum atomic E-state index is 0.0578. The molecule has 36 heavy (non-hydrogen) atoms. The molecule has 4 aromatic rings. The van der Waals surface area contributed by atoms with E-state index in [1.807, 2.05) is 36.4 Å². The van der Waals surface area contributed by atoms with Gasteiger partial charge < -0.3 is 14.6 Å². The van der Waals surface area contributed by atoms with Crippen molar-refractivity contribution >= 4 is 16.9 Å². The second kappa shape index (κ2) is 11.9. The summed E-state index contributed by atoms with van der Waals surface area (Å²) in [6.07, 6.45) is 2.97. The van der Waals surface area contributed by atoms with Gasteiger partial charge in [-0.25, -0.2) is 4.98 Å². The molecule has 188 valence electrons. The topological polar surface area (TPSA) is 56.1 Å². The third-order valence-electron chi connectivity index (χ3n) is 6.36. The van der Waals surface area contributed by atoms with Gasteiger partial charge in [-0.1, -0.05) is 75.4 Å². The number of para-hydroxylation sites is 2. The van der Waals surface area contributed by atoms with Crippen molar-refractivity contribution < 1.29 is 9.53 Å². The maximum absolute atomic E-state index is 12.2. The molecule has 1 aromatic heterocycles. The number of carbonyl (C=O) groups is 1. The Morgan fingerprint density at radius 3 is 2.39 bits per heavy atom. The molecule has 0 radical (unpaired) electrons. The van der Waals surface area contributed by atoms with Crippen LogP contribution in [0.1, 0.15) is 50.6 Å². The van der Waals surface area contributed by atoms with Gasteiger partial charge in [-0.05, 0) is 53.6 Å². The molecule has 0 aliphatic carbocycles. The van der Waals surface area contributed by atoms with Crippen LogP contribution < -0.4 is 10.1 Å². The van der Waals surface area contributed by atoms with Crippen molar-refractivity contribution in [3.8, 4) is 5.75 Å². The molecule has 0 fully saturated rings. The average Bonchev–Trinajstić information content (AvgIpc) is 3.22. The molecule has 0 saturated carbocycles. The maximum atomic E-state index is 12.2. The lowest BCUT2D eigenvalue weighted by Gasteiger charge is -2.19. The number of hydrogen-bond donors (Lipinski definition) is 1. The van der Waals surface area contributed by atoms with Gasteiger partial charge in [0.2, 0.25) is 5.91 Å². The first-order valence-electron chi connectivity index (χ1n) is 12.9. The summed E-state index contributed by atoms with van der Waals surface area (Å²) in [5.74, 6) is 2.02. The fourth-order valence-electron chi connectivity index (χ4n) is 4.35. The Morgan fingerprint density at radius 2 is 1.64 bits per heavy atom. The Bertz CT molecular complexity index is 1250. The number of aromatic nitrogens is 2. The number of carbonyl (C=O) groups excluding carboxylic acids is 1. The molecular weight excluding hydrogens is 446 g/mol. The minimum absolute atomic E-state index is 0.0578. The normalized spacial score (nSPS) is 11.5. The maximum Gasteiger partial charge on any atom is 0.224 e. The highest BCUT2D eigenvalue weighted by Gasteiger charge is 2.13. The zero-order valence-corrected chi connectivity index (χ0v) is 21.7. The van der Waals surface area contributed by atoms with Crippen LogP contribution in [0.4, 0.5) is 0 Å². The zero-order chi connectivity index (χ0) is 25.4.